The van der Waals surface area contributed by atoms with Crippen LogP contribution in [0.2, 0.25) is 0 Å². The van der Waals surface area contributed by atoms with Crippen LogP contribution in [0.25, 0.3) is 0 Å². The molecule has 1 aromatic heterocycles. The molecule has 128 valence electrons. The minimum atomic E-state index is -0.270. The van der Waals surface area contributed by atoms with Crippen LogP contribution in [0.15, 0.2) is 30.6 Å². The summed E-state index contributed by atoms with van der Waals surface area (Å²) in [4.78, 5) is 17.1. The highest BCUT2D eigenvalue weighted by Crippen LogP contribution is 2.37. The second kappa shape index (κ2) is 6.38. The molecule has 0 fully saturated rings. The van der Waals surface area contributed by atoms with Crippen molar-refractivity contribution in [2.24, 2.45) is 5.41 Å². The largest absolute Gasteiger partial charge is 0.354 e. The molecule has 1 unspecified atom stereocenters. The second-order valence-corrected chi connectivity index (χ2v) is 7.14. The Morgan fingerprint density at radius 1 is 1.42 bits per heavy atom. The molecule has 24 heavy (non-hydrogen) atoms. The lowest BCUT2D eigenvalue weighted by atomic mass is 9.81. The van der Waals surface area contributed by atoms with E-state index in [0.717, 1.165) is 29.8 Å². The van der Waals surface area contributed by atoms with E-state index in [1.807, 2.05) is 10.6 Å². The lowest BCUT2D eigenvalue weighted by Crippen LogP contribution is -2.39. The van der Waals surface area contributed by atoms with Crippen LogP contribution in [-0.2, 0) is 17.6 Å². The number of fused-ring (bicyclic) bond motifs is 1. The number of hydrogen-bond donors (Lipinski definition) is 1. The third-order valence-electron chi connectivity index (χ3n) is 5.08. The maximum atomic E-state index is 13.4. The molecule has 0 aliphatic carbocycles. The second-order valence-electron chi connectivity index (χ2n) is 7.14. The van der Waals surface area contributed by atoms with E-state index in [1.165, 1.54) is 6.07 Å². The van der Waals surface area contributed by atoms with E-state index in [9.17, 15) is 9.18 Å². The number of hydrogen-bond acceptors (Lipinski definition) is 2. The molecule has 1 atom stereocenters. The number of carbonyl (C=O) groups is 1. The Labute approximate surface area is 142 Å². The van der Waals surface area contributed by atoms with Crippen LogP contribution in [-0.4, -0.2) is 22.0 Å². The van der Waals surface area contributed by atoms with Gasteiger partial charge in [0.25, 0.3) is 0 Å². The summed E-state index contributed by atoms with van der Waals surface area (Å²) in [6, 6.07) is 6.34. The molecule has 1 aromatic carbocycles. The molecule has 0 bridgehead atoms. The first kappa shape index (κ1) is 16.7. The van der Waals surface area contributed by atoms with Crippen molar-refractivity contribution in [1.29, 1.82) is 0 Å². The summed E-state index contributed by atoms with van der Waals surface area (Å²) in [5.41, 5.74) is 2.73. The average molecular weight is 329 g/mol. The molecule has 2 aromatic rings. The van der Waals surface area contributed by atoms with Crippen molar-refractivity contribution in [3.63, 3.8) is 0 Å². The first-order chi connectivity index (χ1) is 11.4. The van der Waals surface area contributed by atoms with E-state index in [-0.39, 0.29) is 23.2 Å². The van der Waals surface area contributed by atoms with Gasteiger partial charge in [0.2, 0.25) is 5.91 Å². The summed E-state index contributed by atoms with van der Waals surface area (Å²) in [6.07, 6.45) is 3.99. The summed E-state index contributed by atoms with van der Waals surface area (Å²) in [6.45, 7) is 6.93. The van der Waals surface area contributed by atoms with Gasteiger partial charge < -0.3 is 9.88 Å². The number of imidazole rings is 1. The first-order valence-electron chi connectivity index (χ1n) is 8.49. The fourth-order valence-electron chi connectivity index (χ4n) is 3.36. The molecule has 3 rings (SSSR count). The maximum absolute atomic E-state index is 13.4. The van der Waals surface area contributed by atoms with E-state index < -0.39 is 0 Å². The third-order valence-corrected chi connectivity index (χ3v) is 5.08. The molecule has 0 spiro atoms. The highest BCUT2D eigenvalue weighted by Gasteiger charge is 2.38. The number of aromatic nitrogens is 2. The van der Waals surface area contributed by atoms with Crippen LogP contribution in [0, 0.1) is 11.2 Å². The number of amides is 1. The highest BCUT2D eigenvalue weighted by atomic mass is 19.1. The average Bonchev–Trinajstić information content (AvgIpc) is 2.81. The van der Waals surface area contributed by atoms with Crippen molar-refractivity contribution in [2.75, 3.05) is 6.54 Å². The maximum Gasteiger partial charge on any atom is 0.243 e. The van der Waals surface area contributed by atoms with Crippen molar-refractivity contribution in [3.05, 3.63) is 53.4 Å². The number of halogens is 1. The SMILES string of the molecule is CCC(C)(C)C1C(=O)NCCc2c(Cc3cccc(F)c3)ncn21. The van der Waals surface area contributed by atoms with Gasteiger partial charge in [-0.15, -0.1) is 0 Å². The summed E-state index contributed by atoms with van der Waals surface area (Å²) in [7, 11) is 0. The molecule has 0 radical (unpaired) electrons. The molecule has 1 aliphatic heterocycles. The predicted molar refractivity (Wildman–Crippen MR) is 91.3 cm³/mol. The lowest BCUT2D eigenvalue weighted by molar-refractivity contribution is -0.127. The van der Waals surface area contributed by atoms with Gasteiger partial charge in [0.1, 0.15) is 11.9 Å². The zero-order chi connectivity index (χ0) is 17.3. The fourth-order valence-corrected chi connectivity index (χ4v) is 3.36. The Bertz CT molecular complexity index is 751. The van der Waals surface area contributed by atoms with E-state index in [1.54, 1.807) is 18.5 Å². The fraction of sp³-hybridized carbons (Fsp3) is 0.474. The van der Waals surface area contributed by atoms with Gasteiger partial charge in [0, 0.05) is 25.1 Å². The summed E-state index contributed by atoms with van der Waals surface area (Å²) < 4.78 is 15.5. The predicted octanol–water partition coefficient (Wildman–Crippen LogP) is 3.26. The zero-order valence-corrected chi connectivity index (χ0v) is 14.5. The number of rotatable bonds is 4. The normalized spacial score (nSPS) is 18.0. The van der Waals surface area contributed by atoms with Gasteiger partial charge in [-0.1, -0.05) is 32.9 Å². The van der Waals surface area contributed by atoms with E-state index >= 15 is 0 Å². The van der Waals surface area contributed by atoms with Gasteiger partial charge in [-0.2, -0.15) is 0 Å². The van der Waals surface area contributed by atoms with Crippen LogP contribution < -0.4 is 5.32 Å². The van der Waals surface area contributed by atoms with Crippen molar-refractivity contribution in [2.45, 2.75) is 46.1 Å². The van der Waals surface area contributed by atoms with Gasteiger partial charge >= 0.3 is 0 Å². The van der Waals surface area contributed by atoms with Gasteiger partial charge in [0.05, 0.1) is 12.0 Å². The molecule has 5 heteroatoms. The van der Waals surface area contributed by atoms with Gasteiger partial charge in [-0.05, 0) is 29.5 Å². The smallest absolute Gasteiger partial charge is 0.243 e. The molecule has 0 saturated carbocycles. The van der Waals surface area contributed by atoms with Crippen molar-refractivity contribution < 1.29 is 9.18 Å². The highest BCUT2D eigenvalue weighted by molar-refractivity contribution is 5.81. The standard InChI is InChI=1S/C19H24FN3O/c1-4-19(2,3)17-18(24)21-9-8-16-15(22-12-23(16)17)11-13-6-5-7-14(20)10-13/h5-7,10,12,17H,4,8-9,11H2,1-3H3,(H,21,24). The van der Waals surface area contributed by atoms with Crippen LogP contribution in [0.3, 0.4) is 0 Å². The monoisotopic (exact) mass is 329 g/mol. The van der Waals surface area contributed by atoms with Crippen LogP contribution in [0.4, 0.5) is 4.39 Å². The molecule has 2 heterocycles. The topological polar surface area (TPSA) is 46.9 Å². The minimum Gasteiger partial charge on any atom is -0.354 e. The quantitative estimate of drug-likeness (QED) is 0.936. The van der Waals surface area contributed by atoms with Crippen LogP contribution in [0.1, 0.15) is 50.2 Å². The van der Waals surface area contributed by atoms with Gasteiger partial charge in [0.15, 0.2) is 0 Å². The van der Waals surface area contributed by atoms with Crippen LogP contribution >= 0.6 is 0 Å². The summed E-state index contributed by atoms with van der Waals surface area (Å²) >= 11 is 0. The Balaban J connectivity index is 1.99. The van der Waals surface area contributed by atoms with Gasteiger partial charge in [-0.3, -0.25) is 4.79 Å². The van der Waals surface area contributed by atoms with E-state index in [4.69, 9.17) is 0 Å². The zero-order valence-electron chi connectivity index (χ0n) is 14.5. The number of nitrogens with one attached hydrogen (secondary N) is 1. The summed E-state index contributed by atoms with van der Waals surface area (Å²) in [5.74, 6) is -0.185. The van der Waals surface area contributed by atoms with Gasteiger partial charge in [-0.25, -0.2) is 9.37 Å². The van der Waals surface area contributed by atoms with Crippen molar-refractivity contribution >= 4 is 5.91 Å². The van der Waals surface area contributed by atoms with Crippen molar-refractivity contribution in [3.8, 4) is 0 Å². The van der Waals surface area contributed by atoms with Crippen LogP contribution in [0.5, 0.6) is 0 Å². The molecule has 1 amide bonds. The third kappa shape index (κ3) is 3.07. The number of benzene rings is 1. The number of carbonyl (C=O) groups excluding carboxylic acids is 1. The molecular formula is C19H24FN3O. The molecule has 0 saturated heterocycles. The Morgan fingerprint density at radius 2 is 2.21 bits per heavy atom. The summed E-state index contributed by atoms with van der Waals surface area (Å²) in [5, 5.41) is 3.02. The number of nitrogens with zero attached hydrogens (tertiary/aromatic N) is 2. The Morgan fingerprint density at radius 3 is 2.92 bits per heavy atom. The molecule has 4 nitrogen and oxygen atoms in total. The van der Waals surface area contributed by atoms with E-state index in [0.29, 0.717) is 13.0 Å². The Hall–Kier alpha value is -2.17. The van der Waals surface area contributed by atoms with E-state index in [2.05, 4.69) is 31.1 Å². The minimum absolute atomic E-state index is 0.0512. The molecule has 1 N–H and O–H groups in total. The Kier molecular flexibility index (Phi) is 4.43. The lowest BCUT2D eigenvalue weighted by Gasteiger charge is -2.33. The molecular weight excluding hydrogens is 305 g/mol. The van der Waals surface area contributed by atoms with Crippen molar-refractivity contribution in [1.82, 2.24) is 14.9 Å². The molecule has 1 aliphatic rings. The first-order valence-corrected chi connectivity index (χ1v) is 8.49.